The van der Waals surface area contributed by atoms with E-state index in [9.17, 15) is 4.79 Å². The van der Waals surface area contributed by atoms with Gasteiger partial charge in [0.15, 0.2) is 0 Å². The normalized spacial score (nSPS) is 15.8. The molecule has 4 N–H and O–H groups in total. The van der Waals surface area contributed by atoms with Crippen LogP contribution in [0, 0.1) is 5.92 Å². The summed E-state index contributed by atoms with van der Waals surface area (Å²) in [6.45, 7) is 6.41. The van der Waals surface area contributed by atoms with Crippen LogP contribution >= 0.6 is 0 Å². The SMILES string of the molecule is CCCC1CCCCCC1.CCOc1ccc2cc(C(=NC)/C(C(N)=O)=C(\C)N)ccc2n1. The molecular formula is C27H40N4O2. The summed E-state index contributed by atoms with van der Waals surface area (Å²) in [4.78, 5) is 20.3. The zero-order chi connectivity index (χ0) is 24.2. The van der Waals surface area contributed by atoms with E-state index in [2.05, 4.69) is 16.9 Å². The molecule has 1 aromatic heterocycles. The number of nitrogens with two attached hydrogens (primary N) is 2. The minimum Gasteiger partial charge on any atom is -0.478 e. The number of rotatable bonds is 7. The van der Waals surface area contributed by atoms with Gasteiger partial charge >= 0.3 is 0 Å². The molecule has 0 spiro atoms. The van der Waals surface area contributed by atoms with Crippen molar-refractivity contribution < 1.29 is 9.53 Å². The summed E-state index contributed by atoms with van der Waals surface area (Å²) in [6, 6.07) is 9.29. The molecule has 180 valence electrons. The van der Waals surface area contributed by atoms with Crippen molar-refractivity contribution in [2.75, 3.05) is 13.7 Å². The topological polar surface area (TPSA) is 104 Å². The highest BCUT2D eigenvalue weighted by atomic mass is 16.5. The summed E-state index contributed by atoms with van der Waals surface area (Å²) in [7, 11) is 1.60. The number of amides is 1. The van der Waals surface area contributed by atoms with Crippen molar-refractivity contribution in [2.24, 2.45) is 22.4 Å². The van der Waals surface area contributed by atoms with E-state index in [0.717, 1.165) is 22.4 Å². The molecule has 0 unspecified atom stereocenters. The Kier molecular flexibility index (Phi) is 10.9. The van der Waals surface area contributed by atoms with E-state index in [1.165, 1.54) is 51.4 Å². The quantitative estimate of drug-likeness (QED) is 0.327. The number of carbonyl (C=O) groups excluding carboxylic acids is 1. The van der Waals surface area contributed by atoms with Gasteiger partial charge in [0.05, 0.1) is 23.4 Å². The van der Waals surface area contributed by atoms with Crippen molar-refractivity contribution in [1.82, 2.24) is 4.98 Å². The van der Waals surface area contributed by atoms with Gasteiger partial charge < -0.3 is 16.2 Å². The van der Waals surface area contributed by atoms with Crippen molar-refractivity contribution >= 4 is 22.5 Å². The fraction of sp³-hybridized carbons (Fsp3) is 0.519. The molecule has 2 aromatic rings. The van der Waals surface area contributed by atoms with Gasteiger partial charge in [-0.1, -0.05) is 64.4 Å². The Hall–Kier alpha value is -2.89. The predicted molar refractivity (Wildman–Crippen MR) is 138 cm³/mol. The van der Waals surface area contributed by atoms with Crippen LogP contribution in [0.2, 0.25) is 0 Å². The number of nitrogens with zero attached hydrogens (tertiary/aromatic N) is 2. The van der Waals surface area contributed by atoms with E-state index in [1.807, 2.05) is 31.2 Å². The standard InChI is InChI=1S/C17H20N4O2.C10H20/c1-4-23-14-8-6-11-9-12(5-7-13(11)21-14)16(20-3)15(10(2)18)17(19)22;1-2-7-10-8-5-3-4-6-9-10/h5-9H,4,18H2,1-3H3,(H2,19,22);10H,2-9H2,1H3/b15-10-,20-16?;. The minimum atomic E-state index is -0.601. The Bertz CT molecular complexity index is 969. The van der Waals surface area contributed by atoms with Gasteiger partial charge in [-0.15, -0.1) is 0 Å². The highest BCUT2D eigenvalue weighted by Crippen LogP contribution is 2.26. The van der Waals surface area contributed by atoms with E-state index in [4.69, 9.17) is 16.2 Å². The molecule has 1 fully saturated rings. The molecule has 3 rings (SSSR count). The van der Waals surface area contributed by atoms with Gasteiger partial charge in [0.1, 0.15) is 0 Å². The van der Waals surface area contributed by atoms with E-state index in [-0.39, 0.29) is 5.57 Å². The van der Waals surface area contributed by atoms with Crippen LogP contribution in [0.25, 0.3) is 10.9 Å². The predicted octanol–water partition coefficient (Wildman–Crippen LogP) is 5.53. The number of allylic oxidation sites excluding steroid dienone is 1. The zero-order valence-corrected chi connectivity index (χ0v) is 20.7. The van der Waals surface area contributed by atoms with Gasteiger partial charge in [0.2, 0.25) is 5.88 Å². The number of fused-ring (bicyclic) bond motifs is 1. The Morgan fingerprint density at radius 3 is 2.33 bits per heavy atom. The first-order valence-corrected chi connectivity index (χ1v) is 12.2. The van der Waals surface area contributed by atoms with E-state index < -0.39 is 5.91 Å². The van der Waals surface area contributed by atoms with Gasteiger partial charge in [0.25, 0.3) is 5.91 Å². The second kappa shape index (κ2) is 13.6. The number of pyridine rings is 1. The first kappa shape index (κ1) is 26.4. The number of hydrogen-bond acceptors (Lipinski definition) is 5. The fourth-order valence-electron chi connectivity index (χ4n) is 4.43. The largest absolute Gasteiger partial charge is 0.478 e. The number of aliphatic imine (C=N–C) groups is 1. The second-order valence-corrected chi connectivity index (χ2v) is 8.63. The first-order valence-electron chi connectivity index (χ1n) is 12.2. The molecule has 0 saturated heterocycles. The second-order valence-electron chi connectivity index (χ2n) is 8.63. The number of benzene rings is 1. The third kappa shape index (κ3) is 7.88. The van der Waals surface area contributed by atoms with Gasteiger partial charge in [-0.2, -0.15) is 0 Å². The van der Waals surface area contributed by atoms with Gasteiger partial charge in [-0.3, -0.25) is 9.79 Å². The molecule has 1 aromatic carbocycles. The van der Waals surface area contributed by atoms with Crippen LogP contribution in [0.3, 0.4) is 0 Å². The minimum absolute atomic E-state index is 0.228. The summed E-state index contributed by atoms with van der Waals surface area (Å²) >= 11 is 0. The maximum absolute atomic E-state index is 11.7. The smallest absolute Gasteiger partial charge is 0.252 e. The van der Waals surface area contributed by atoms with E-state index in [0.29, 0.717) is 23.9 Å². The van der Waals surface area contributed by atoms with Crippen LogP contribution in [0.4, 0.5) is 0 Å². The lowest BCUT2D eigenvalue weighted by molar-refractivity contribution is -0.114. The van der Waals surface area contributed by atoms with Crippen LogP contribution in [-0.2, 0) is 4.79 Å². The van der Waals surface area contributed by atoms with Crippen molar-refractivity contribution in [1.29, 1.82) is 0 Å². The summed E-state index contributed by atoms with van der Waals surface area (Å²) in [5.74, 6) is 1.07. The molecule has 0 aliphatic heterocycles. The Balaban J connectivity index is 0.000000321. The van der Waals surface area contributed by atoms with Crippen LogP contribution in [0.1, 0.15) is 77.7 Å². The molecule has 1 saturated carbocycles. The number of primary amides is 1. The third-order valence-electron chi connectivity index (χ3n) is 6.00. The lowest BCUT2D eigenvalue weighted by Gasteiger charge is -2.11. The number of carbonyl (C=O) groups is 1. The highest BCUT2D eigenvalue weighted by Gasteiger charge is 2.17. The lowest BCUT2D eigenvalue weighted by Crippen LogP contribution is -2.25. The average Bonchev–Trinajstić information content (AvgIpc) is 3.06. The lowest BCUT2D eigenvalue weighted by atomic mass is 9.96. The molecule has 0 radical (unpaired) electrons. The van der Waals surface area contributed by atoms with E-state index in [1.54, 1.807) is 20.0 Å². The summed E-state index contributed by atoms with van der Waals surface area (Å²) in [5.41, 5.74) is 13.8. The van der Waals surface area contributed by atoms with E-state index >= 15 is 0 Å². The molecule has 6 heteroatoms. The molecule has 1 amide bonds. The Morgan fingerprint density at radius 2 is 1.79 bits per heavy atom. The van der Waals surface area contributed by atoms with Crippen LogP contribution < -0.4 is 16.2 Å². The number of hydrogen-bond donors (Lipinski definition) is 2. The molecule has 1 heterocycles. The maximum Gasteiger partial charge on any atom is 0.252 e. The van der Waals surface area contributed by atoms with Crippen molar-refractivity contribution in [3.05, 3.63) is 47.2 Å². The van der Waals surface area contributed by atoms with Crippen LogP contribution in [-0.4, -0.2) is 30.3 Å². The zero-order valence-electron chi connectivity index (χ0n) is 20.7. The highest BCUT2D eigenvalue weighted by molar-refractivity contribution is 6.28. The first-order chi connectivity index (χ1) is 15.9. The molecule has 1 aliphatic rings. The Labute approximate surface area is 198 Å². The maximum atomic E-state index is 11.7. The molecule has 1 aliphatic carbocycles. The third-order valence-corrected chi connectivity index (χ3v) is 6.00. The summed E-state index contributed by atoms with van der Waals surface area (Å²) in [6.07, 6.45) is 11.9. The summed E-state index contributed by atoms with van der Waals surface area (Å²) in [5, 5.41) is 0.908. The van der Waals surface area contributed by atoms with Crippen LogP contribution in [0.15, 0.2) is 46.6 Å². The Morgan fingerprint density at radius 1 is 1.09 bits per heavy atom. The average molecular weight is 453 g/mol. The fourth-order valence-corrected chi connectivity index (χ4v) is 4.43. The van der Waals surface area contributed by atoms with Crippen molar-refractivity contribution in [2.45, 2.75) is 72.1 Å². The molecule has 0 atom stereocenters. The van der Waals surface area contributed by atoms with Crippen LogP contribution in [0.5, 0.6) is 5.88 Å². The summed E-state index contributed by atoms with van der Waals surface area (Å²) < 4.78 is 5.39. The van der Waals surface area contributed by atoms with Gasteiger partial charge in [-0.25, -0.2) is 4.98 Å². The molecular weight excluding hydrogens is 412 g/mol. The molecule has 0 bridgehead atoms. The number of aromatic nitrogens is 1. The van der Waals surface area contributed by atoms with Gasteiger partial charge in [-0.05, 0) is 38.0 Å². The molecule has 33 heavy (non-hydrogen) atoms. The van der Waals surface area contributed by atoms with Gasteiger partial charge in [0, 0.05) is 29.8 Å². The van der Waals surface area contributed by atoms with Crippen molar-refractivity contribution in [3.8, 4) is 5.88 Å². The number of ether oxygens (including phenoxy) is 1. The monoisotopic (exact) mass is 452 g/mol. The van der Waals surface area contributed by atoms with Crippen molar-refractivity contribution in [3.63, 3.8) is 0 Å². The molecule has 6 nitrogen and oxygen atoms in total.